The number of thiophene rings is 1. The van der Waals surface area contributed by atoms with Crippen molar-refractivity contribution in [1.82, 2.24) is 4.57 Å². The molecule has 3 heteroatoms. The maximum atomic E-state index is 2.46. The third kappa shape index (κ3) is 5.55. The van der Waals surface area contributed by atoms with Crippen LogP contribution in [-0.2, 0) is 0 Å². The van der Waals surface area contributed by atoms with Crippen LogP contribution in [0.2, 0.25) is 0 Å². The van der Waals surface area contributed by atoms with Crippen molar-refractivity contribution in [1.29, 1.82) is 0 Å². The molecule has 0 spiro atoms. The van der Waals surface area contributed by atoms with Gasteiger partial charge in [-0.15, -0.1) is 11.3 Å². The number of nitrogens with zero attached hydrogens (tertiary/aromatic N) is 2. The van der Waals surface area contributed by atoms with Crippen LogP contribution in [0.1, 0.15) is 0 Å². The Kier molecular flexibility index (Phi) is 7.75. The van der Waals surface area contributed by atoms with E-state index < -0.39 is 0 Å². The molecule has 12 rings (SSSR count). The van der Waals surface area contributed by atoms with E-state index in [1.165, 1.54) is 85.8 Å². The second kappa shape index (κ2) is 13.6. The lowest BCUT2D eigenvalue weighted by Crippen LogP contribution is -2.10. The summed E-state index contributed by atoms with van der Waals surface area (Å²) in [7, 11) is 0. The van der Waals surface area contributed by atoms with E-state index in [-0.39, 0.29) is 0 Å². The van der Waals surface area contributed by atoms with Gasteiger partial charge in [-0.05, 0) is 117 Å². The predicted octanol–water partition coefficient (Wildman–Crippen LogP) is 16.3. The highest BCUT2D eigenvalue weighted by Gasteiger charge is 2.20. The number of hydrogen-bond acceptors (Lipinski definition) is 2. The molecular formula is C56H36N2S. The minimum atomic E-state index is 1.09. The minimum absolute atomic E-state index is 1.09. The molecule has 12 aromatic rings. The second-order valence-corrected chi connectivity index (χ2v) is 16.4. The highest BCUT2D eigenvalue weighted by Crippen LogP contribution is 2.44. The first-order chi connectivity index (χ1) is 29.2. The Balaban J connectivity index is 1.08. The molecule has 2 aromatic heterocycles. The van der Waals surface area contributed by atoms with Gasteiger partial charge in [0.1, 0.15) is 0 Å². The van der Waals surface area contributed by atoms with Crippen molar-refractivity contribution in [2.24, 2.45) is 0 Å². The van der Waals surface area contributed by atoms with Gasteiger partial charge in [0.05, 0.1) is 11.0 Å². The highest BCUT2D eigenvalue weighted by molar-refractivity contribution is 7.25. The van der Waals surface area contributed by atoms with Crippen LogP contribution in [0.5, 0.6) is 0 Å². The molecule has 0 aliphatic rings. The number of hydrogen-bond donors (Lipinski definition) is 0. The van der Waals surface area contributed by atoms with Crippen LogP contribution in [0.4, 0.5) is 17.1 Å². The SMILES string of the molecule is c1ccc(-c2cccc(N(c3cccc(-n4c5ccccc5c5c6c(-c7ccc8ccccc8c7)cccc6ccc54)c3)c3ccc4sc5ccccc5c4c3)c2)cc1. The normalized spacial score (nSPS) is 11.7. The van der Waals surface area contributed by atoms with Crippen LogP contribution in [0.15, 0.2) is 218 Å². The Morgan fingerprint density at radius 3 is 1.93 bits per heavy atom. The summed E-state index contributed by atoms with van der Waals surface area (Å²) in [6.45, 7) is 0. The first kappa shape index (κ1) is 33.7. The first-order valence-corrected chi connectivity index (χ1v) is 21.0. The lowest BCUT2D eigenvalue weighted by molar-refractivity contribution is 1.17. The molecule has 10 aromatic carbocycles. The summed E-state index contributed by atoms with van der Waals surface area (Å²) in [5.74, 6) is 0. The molecule has 59 heavy (non-hydrogen) atoms. The van der Waals surface area contributed by atoms with Gasteiger partial charge in [0.2, 0.25) is 0 Å². The summed E-state index contributed by atoms with van der Waals surface area (Å²) in [6.07, 6.45) is 0. The molecule has 0 N–H and O–H groups in total. The van der Waals surface area contributed by atoms with E-state index in [0.29, 0.717) is 0 Å². The molecule has 2 nitrogen and oxygen atoms in total. The summed E-state index contributed by atoms with van der Waals surface area (Å²) in [5.41, 5.74) is 11.7. The van der Waals surface area contributed by atoms with Crippen LogP contribution in [0.3, 0.4) is 0 Å². The van der Waals surface area contributed by atoms with E-state index in [0.717, 1.165) is 22.7 Å². The van der Waals surface area contributed by atoms with Crippen molar-refractivity contribution in [2.75, 3.05) is 4.90 Å². The van der Waals surface area contributed by atoms with Crippen molar-refractivity contribution in [3.63, 3.8) is 0 Å². The standard InChI is InChI=1S/C56H36N2S/c1-2-13-37(14-3-1)41-18-10-19-43(34-41)57(46-30-32-54-50(36-46)48-22-7-9-26-53(48)59-54)44-20-12-21-45(35-44)58-51-25-8-6-23-49(51)56-52(58)31-29-39-17-11-24-47(55(39)56)42-28-27-38-15-4-5-16-40(38)33-42/h1-36H. The molecule has 0 radical (unpaired) electrons. The Labute approximate surface area is 346 Å². The van der Waals surface area contributed by atoms with Gasteiger partial charge in [0.25, 0.3) is 0 Å². The number of benzene rings is 10. The van der Waals surface area contributed by atoms with Gasteiger partial charge in [-0.3, -0.25) is 0 Å². The molecular weight excluding hydrogens is 733 g/mol. The van der Waals surface area contributed by atoms with E-state index in [4.69, 9.17) is 0 Å². The van der Waals surface area contributed by atoms with Crippen LogP contribution >= 0.6 is 11.3 Å². The van der Waals surface area contributed by atoms with Gasteiger partial charge in [-0.25, -0.2) is 0 Å². The maximum absolute atomic E-state index is 2.46. The lowest BCUT2D eigenvalue weighted by atomic mass is 9.93. The van der Waals surface area contributed by atoms with Gasteiger partial charge >= 0.3 is 0 Å². The zero-order valence-corrected chi connectivity index (χ0v) is 32.9. The fraction of sp³-hybridized carbons (Fsp3) is 0. The van der Waals surface area contributed by atoms with Gasteiger partial charge in [-0.1, -0.05) is 146 Å². The topological polar surface area (TPSA) is 8.17 Å². The molecule has 0 saturated carbocycles. The molecule has 0 saturated heterocycles. The molecule has 0 fully saturated rings. The second-order valence-electron chi connectivity index (χ2n) is 15.3. The van der Waals surface area contributed by atoms with Crippen LogP contribution in [-0.4, -0.2) is 4.57 Å². The molecule has 0 amide bonds. The van der Waals surface area contributed by atoms with Crippen LogP contribution < -0.4 is 4.90 Å². The Bertz CT molecular complexity index is 3580. The largest absolute Gasteiger partial charge is 0.310 e. The van der Waals surface area contributed by atoms with Gasteiger partial charge < -0.3 is 9.47 Å². The van der Waals surface area contributed by atoms with Crippen molar-refractivity contribution < 1.29 is 0 Å². The molecule has 0 atom stereocenters. The molecule has 0 aliphatic carbocycles. The molecule has 0 bridgehead atoms. The van der Waals surface area contributed by atoms with Crippen LogP contribution in [0.25, 0.3) is 91.5 Å². The van der Waals surface area contributed by atoms with Crippen molar-refractivity contribution >= 4 is 91.9 Å². The van der Waals surface area contributed by atoms with Crippen molar-refractivity contribution in [2.45, 2.75) is 0 Å². The fourth-order valence-electron chi connectivity index (χ4n) is 9.24. The third-order valence-electron chi connectivity index (χ3n) is 11.9. The Morgan fingerprint density at radius 1 is 0.339 bits per heavy atom. The maximum Gasteiger partial charge on any atom is 0.0547 e. The Hall–Kier alpha value is -7.46. The minimum Gasteiger partial charge on any atom is -0.310 e. The monoisotopic (exact) mass is 768 g/mol. The lowest BCUT2D eigenvalue weighted by Gasteiger charge is -2.27. The Morgan fingerprint density at radius 2 is 1.02 bits per heavy atom. The predicted molar refractivity (Wildman–Crippen MR) is 254 cm³/mol. The summed E-state index contributed by atoms with van der Waals surface area (Å²) in [4.78, 5) is 2.42. The van der Waals surface area contributed by atoms with E-state index in [1.807, 2.05) is 11.3 Å². The van der Waals surface area contributed by atoms with Crippen molar-refractivity contribution in [3.05, 3.63) is 218 Å². The van der Waals surface area contributed by atoms with E-state index in [1.54, 1.807) is 0 Å². The van der Waals surface area contributed by atoms with Gasteiger partial charge in [0.15, 0.2) is 0 Å². The molecule has 276 valence electrons. The summed E-state index contributed by atoms with van der Waals surface area (Å²) in [5, 5.41) is 10.1. The first-order valence-electron chi connectivity index (χ1n) is 20.2. The molecule has 0 aliphatic heterocycles. The number of aromatic nitrogens is 1. The zero-order valence-electron chi connectivity index (χ0n) is 32.1. The number of anilines is 3. The number of para-hydroxylation sites is 1. The highest BCUT2D eigenvalue weighted by atomic mass is 32.1. The van der Waals surface area contributed by atoms with E-state index in [9.17, 15) is 0 Å². The smallest absolute Gasteiger partial charge is 0.0547 e. The average molecular weight is 769 g/mol. The van der Waals surface area contributed by atoms with Gasteiger partial charge in [0, 0.05) is 53.7 Å². The summed E-state index contributed by atoms with van der Waals surface area (Å²) >= 11 is 1.85. The summed E-state index contributed by atoms with van der Waals surface area (Å²) < 4.78 is 5.06. The fourth-order valence-corrected chi connectivity index (χ4v) is 10.3. The van der Waals surface area contributed by atoms with E-state index >= 15 is 0 Å². The quantitative estimate of drug-likeness (QED) is 0.164. The van der Waals surface area contributed by atoms with Crippen LogP contribution in [0, 0.1) is 0 Å². The third-order valence-corrected chi connectivity index (χ3v) is 13.1. The number of fused-ring (bicyclic) bond motifs is 9. The van der Waals surface area contributed by atoms with Gasteiger partial charge in [-0.2, -0.15) is 0 Å². The molecule has 0 unspecified atom stereocenters. The summed E-state index contributed by atoms with van der Waals surface area (Å²) in [6, 6.07) is 80.1. The number of rotatable bonds is 6. The molecule has 2 heterocycles. The zero-order chi connectivity index (χ0) is 38.9. The average Bonchev–Trinajstić information content (AvgIpc) is 3.85. The van der Waals surface area contributed by atoms with Crippen molar-refractivity contribution in [3.8, 4) is 27.9 Å². The van der Waals surface area contributed by atoms with E-state index in [2.05, 4.69) is 228 Å².